The summed E-state index contributed by atoms with van der Waals surface area (Å²) in [6.45, 7) is 0. The van der Waals surface area contributed by atoms with Crippen molar-refractivity contribution >= 4 is 50.4 Å². The lowest BCUT2D eigenvalue weighted by Crippen LogP contribution is -2.17. The van der Waals surface area contributed by atoms with Gasteiger partial charge in [-0.2, -0.15) is 8.42 Å². The molecule has 1 N–H and O–H groups in total. The summed E-state index contributed by atoms with van der Waals surface area (Å²) in [6.07, 6.45) is 2.65. The van der Waals surface area contributed by atoms with E-state index in [0.717, 1.165) is 11.8 Å². The minimum absolute atomic E-state index is 0.226. The van der Waals surface area contributed by atoms with Crippen LogP contribution in [0.3, 0.4) is 0 Å². The summed E-state index contributed by atoms with van der Waals surface area (Å²) in [6, 6.07) is 6.35. The highest BCUT2D eigenvalue weighted by atomic mass is 32.2. The van der Waals surface area contributed by atoms with Crippen LogP contribution < -0.4 is 9.50 Å². The predicted octanol–water partition coefficient (Wildman–Crippen LogP) is 1.51. The Balaban J connectivity index is 2.18. The molecule has 0 spiro atoms. The largest absolute Gasteiger partial charge is 0.383 e. The van der Waals surface area contributed by atoms with Crippen LogP contribution in [-0.4, -0.2) is 24.9 Å². The Morgan fingerprint density at radius 2 is 1.95 bits per heavy atom. The Kier molecular flexibility index (Phi) is 3.93. The number of hydrogen-bond donors (Lipinski definition) is 1. The molecule has 1 fully saturated rings. The maximum absolute atomic E-state index is 11.5. The number of benzene rings is 1. The van der Waals surface area contributed by atoms with Gasteiger partial charge in [0.25, 0.3) is 5.91 Å². The number of thioether (sulfide) groups is 1. The third-order valence-electron chi connectivity index (χ3n) is 2.07. The molecular weight excluding hydrogens is 306 g/mol. The number of hydrogen-bond acceptors (Lipinski definition) is 6. The third-order valence-corrected chi connectivity index (χ3v) is 3.73. The molecule has 1 saturated heterocycles. The maximum Gasteiger partial charge on any atom is 0.306 e. The number of nitrogens with one attached hydrogen (secondary N) is 1. The summed E-state index contributed by atoms with van der Waals surface area (Å²) in [7, 11) is -3.53. The standard InChI is InChI=1S/C11H9NO4S3/c1-19(14,15)16-8-4-2-7(3-5-8)6-9-10(13)12-11(17)18-9/h2-6H,1H3,(H,12,13,17). The minimum Gasteiger partial charge on any atom is -0.383 e. The second-order valence-electron chi connectivity index (χ2n) is 3.71. The van der Waals surface area contributed by atoms with Crippen LogP contribution in [0.5, 0.6) is 5.75 Å². The second-order valence-corrected chi connectivity index (χ2v) is 7.00. The van der Waals surface area contributed by atoms with Gasteiger partial charge in [0.15, 0.2) is 0 Å². The van der Waals surface area contributed by atoms with Gasteiger partial charge in [-0.1, -0.05) is 36.1 Å². The first-order valence-corrected chi connectivity index (χ1v) is 8.12. The van der Waals surface area contributed by atoms with Gasteiger partial charge in [0.2, 0.25) is 0 Å². The number of carbonyl (C=O) groups is 1. The summed E-state index contributed by atoms with van der Waals surface area (Å²) in [5.74, 6) is -0.00448. The summed E-state index contributed by atoms with van der Waals surface area (Å²) in [5.41, 5.74) is 0.753. The Morgan fingerprint density at radius 1 is 1.32 bits per heavy atom. The van der Waals surface area contributed by atoms with Gasteiger partial charge in [-0.3, -0.25) is 4.79 Å². The van der Waals surface area contributed by atoms with Crippen LogP contribution in [0.4, 0.5) is 0 Å². The number of rotatable bonds is 3. The number of carbonyl (C=O) groups excluding carboxylic acids is 1. The van der Waals surface area contributed by atoms with E-state index in [1.165, 1.54) is 23.9 Å². The van der Waals surface area contributed by atoms with Crippen LogP contribution in [-0.2, 0) is 14.9 Å². The zero-order valence-electron chi connectivity index (χ0n) is 9.74. The monoisotopic (exact) mass is 315 g/mol. The smallest absolute Gasteiger partial charge is 0.306 e. The molecule has 0 aromatic heterocycles. The van der Waals surface area contributed by atoms with E-state index < -0.39 is 10.1 Å². The first kappa shape index (κ1) is 14.0. The topological polar surface area (TPSA) is 72.5 Å². The molecule has 19 heavy (non-hydrogen) atoms. The molecule has 1 aliphatic heterocycles. The fourth-order valence-electron chi connectivity index (χ4n) is 1.37. The van der Waals surface area contributed by atoms with Crippen molar-refractivity contribution < 1.29 is 17.4 Å². The van der Waals surface area contributed by atoms with Gasteiger partial charge in [0, 0.05) is 0 Å². The van der Waals surface area contributed by atoms with Crippen molar-refractivity contribution in [3.63, 3.8) is 0 Å². The molecule has 1 aromatic carbocycles. The average Bonchev–Trinajstić information content (AvgIpc) is 2.58. The van der Waals surface area contributed by atoms with Gasteiger partial charge in [-0.05, 0) is 23.8 Å². The van der Waals surface area contributed by atoms with Crippen LogP contribution in [0.25, 0.3) is 6.08 Å². The summed E-state index contributed by atoms with van der Waals surface area (Å²) in [5, 5.41) is 2.51. The molecule has 0 aliphatic carbocycles. The van der Waals surface area contributed by atoms with Crippen molar-refractivity contribution in [1.29, 1.82) is 0 Å². The van der Waals surface area contributed by atoms with Crippen molar-refractivity contribution in [3.8, 4) is 5.75 Å². The Labute approximate surface area is 120 Å². The van der Waals surface area contributed by atoms with Gasteiger partial charge < -0.3 is 9.50 Å². The van der Waals surface area contributed by atoms with Crippen molar-refractivity contribution in [2.45, 2.75) is 0 Å². The predicted molar refractivity (Wildman–Crippen MR) is 78.2 cm³/mol. The van der Waals surface area contributed by atoms with Gasteiger partial charge >= 0.3 is 10.1 Å². The molecule has 0 saturated carbocycles. The molecule has 0 unspecified atom stereocenters. The van der Waals surface area contributed by atoms with Gasteiger partial charge in [-0.15, -0.1) is 0 Å². The summed E-state index contributed by atoms with van der Waals surface area (Å²) in [4.78, 5) is 12.0. The zero-order valence-corrected chi connectivity index (χ0v) is 12.2. The van der Waals surface area contributed by atoms with Crippen LogP contribution in [0, 0.1) is 0 Å². The molecule has 1 amide bonds. The Morgan fingerprint density at radius 3 is 2.42 bits per heavy atom. The lowest BCUT2D eigenvalue weighted by molar-refractivity contribution is -0.115. The highest BCUT2D eigenvalue weighted by Gasteiger charge is 2.21. The summed E-state index contributed by atoms with van der Waals surface area (Å²) < 4.78 is 27.0. The quantitative estimate of drug-likeness (QED) is 0.518. The molecule has 0 atom stereocenters. The lowest BCUT2D eigenvalue weighted by Gasteiger charge is -2.02. The molecule has 0 bridgehead atoms. The van der Waals surface area contributed by atoms with E-state index in [0.29, 0.717) is 9.23 Å². The molecule has 1 aliphatic rings. The average molecular weight is 315 g/mol. The lowest BCUT2D eigenvalue weighted by atomic mass is 10.2. The van der Waals surface area contributed by atoms with E-state index in [1.54, 1.807) is 18.2 Å². The third kappa shape index (κ3) is 4.05. The van der Waals surface area contributed by atoms with Crippen molar-refractivity contribution in [3.05, 3.63) is 34.7 Å². The van der Waals surface area contributed by atoms with E-state index in [9.17, 15) is 13.2 Å². The zero-order chi connectivity index (χ0) is 14.0. The fourth-order valence-corrected chi connectivity index (χ4v) is 2.87. The van der Waals surface area contributed by atoms with E-state index in [1.807, 2.05) is 0 Å². The molecule has 100 valence electrons. The Bertz CT molecular complexity index is 662. The highest BCUT2D eigenvalue weighted by Crippen LogP contribution is 2.26. The molecule has 1 heterocycles. The minimum atomic E-state index is -3.53. The van der Waals surface area contributed by atoms with Crippen LogP contribution in [0.1, 0.15) is 5.56 Å². The molecule has 8 heteroatoms. The first-order valence-electron chi connectivity index (χ1n) is 5.08. The van der Waals surface area contributed by atoms with Crippen molar-refractivity contribution in [2.75, 3.05) is 6.26 Å². The SMILES string of the molecule is CS(=O)(=O)Oc1ccc(C=C2SC(=S)NC2=O)cc1. The molecule has 1 aromatic rings. The van der Waals surface area contributed by atoms with Crippen LogP contribution in [0.15, 0.2) is 29.2 Å². The Hall–Kier alpha value is -1.38. The fraction of sp³-hybridized carbons (Fsp3) is 0.0909. The summed E-state index contributed by atoms with van der Waals surface area (Å²) >= 11 is 6.06. The number of amides is 1. The van der Waals surface area contributed by atoms with E-state index in [2.05, 4.69) is 5.32 Å². The van der Waals surface area contributed by atoms with Gasteiger partial charge in [-0.25, -0.2) is 0 Å². The van der Waals surface area contributed by atoms with E-state index >= 15 is 0 Å². The molecule has 2 rings (SSSR count). The van der Waals surface area contributed by atoms with Gasteiger partial charge in [0.1, 0.15) is 10.1 Å². The first-order chi connectivity index (χ1) is 8.83. The van der Waals surface area contributed by atoms with Gasteiger partial charge in [0.05, 0.1) is 11.2 Å². The second kappa shape index (κ2) is 5.32. The van der Waals surface area contributed by atoms with E-state index in [4.69, 9.17) is 16.4 Å². The maximum atomic E-state index is 11.5. The number of thiocarbonyl (C=S) groups is 1. The van der Waals surface area contributed by atoms with Crippen molar-refractivity contribution in [1.82, 2.24) is 5.32 Å². The molecule has 0 radical (unpaired) electrons. The normalized spacial score (nSPS) is 17.6. The van der Waals surface area contributed by atoms with Crippen molar-refractivity contribution in [2.24, 2.45) is 0 Å². The highest BCUT2D eigenvalue weighted by molar-refractivity contribution is 8.26. The molecular formula is C11H9NO4S3. The molecule has 5 nitrogen and oxygen atoms in total. The van der Waals surface area contributed by atoms with Crippen LogP contribution >= 0.6 is 24.0 Å². The van der Waals surface area contributed by atoms with Crippen LogP contribution in [0.2, 0.25) is 0 Å². The van der Waals surface area contributed by atoms with E-state index in [-0.39, 0.29) is 11.7 Å².